The minimum atomic E-state index is 0.114. The van der Waals surface area contributed by atoms with E-state index in [1.807, 2.05) is 30.3 Å². The summed E-state index contributed by atoms with van der Waals surface area (Å²) in [7, 11) is 1.70. The molecule has 124 valence electrons. The van der Waals surface area contributed by atoms with Gasteiger partial charge in [-0.2, -0.15) is 0 Å². The minimum Gasteiger partial charge on any atom is -0.496 e. The Morgan fingerprint density at radius 3 is 2.62 bits per heavy atom. The van der Waals surface area contributed by atoms with Gasteiger partial charge >= 0.3 is 0 Å². The van der Waals surface area contributed by atoms with Crippen molar-refractivity contribution in [3.8, 4) is 5.75 Å². The monoisotopic (exact) mass is 322 g/mol. The van der Waals surface area contributed by atoms with Gasteiger partial charge in [0.2, 0.25) is 0 Å². The molecule has 0 aliphatic heterocycles. The number of benzene rings is 1. The van der Waals surface area contributed by atoms with Gasteiger partial charge in [-0.3, -0.25) is 4.98 Å². The second-order valence-corrected chi connectivity index (χ2v) is 6.16. The van der Waals surface area contributed by atoms with Crippen LogP contribution in [0.4, 0.5) is 5.82 Å². The molecule has 0 aliphatic carbocycles. The number of aromatic nitrogens is 3. The van der Waals surface area contributed by atoms with Crippen LogP contribution in [-0.2, 0) is 0 Å². The van der Waals surface area contributed by atoms with Crippen LogP contribution < -0.4 is 10.1 Å². The van der Waals surface area contributed by atoms with E-state index in [9.17, 15) is 0 Å². The summed E-state index contributed by atoms with van der Waals surface area (Å²) in [6.07, 6.45) is 4.30. The van der Waals surface area contributed by atoms with E-state index in [4.69, 9.17) is 4.74 Å². The highest BCUT2D eigenvalue weighted by molar-refractivity contribution is 5.71. The highest BCUT2D eigenvalue weighted by Gasteiger charge is 2.18. The Hall–Kier alpha value is -2.69. The van der Waals surface area contributed by atoms with E-state index in [-0.39, 0.29) is 6.04 Å². The molecule has 1 N–H and O–H groups in total. The van der Waals surface area contributed by atoms with Crippen molar-refractivity contribution in [3.63, 3.8) is 0 Å². The maximum absolute atomic E-state index is 5.53. The van der Waals surface area contributed by atoms with Gasteiger partial charge in [0.15, 0.2) is 5.65 Å². The molecule has 5 nitrogen and oxygen atoms in total. The molecule has 3 rings (SSSR count). The molecule has 0 bridgehead atoms. The number of anilines is 1. The molecule has 3 aromatic rings. The third kappa shape index (κ3) is 3.62. The number of methoxy groups -OCH3 is 1. The van der Waals surface area contributed by atoms with Gasteiger partial charge in [0.05, 0.1) is 13.2 Å². The van der Waals surface area contributed by atoms with Crippen LogP contribution in [0.25, 0.3) is 11.2 Å². The van der Waals surface area contributed by atoms with Crippen molar-refractivity contribution < 1.29 is 4.74 Å². The van der Waals surface area contributed by atoms with Crippen molar-refractivity contribution in [2.75, 3.05) is 12.4 Å². The second-order valence-electron chi connectivity index (χ2n) is 6.16. The Kier molecular flexibility index (Phi) is 4.89. The third-order valence-corrected chi connectivity index (χ3v) is 3.88. The summed E-state index contributed by atoms with van der Waals surface area (Å²) in [6.45, 7) is 4.42. The lowest BCUT2D eigenvalue weighted by atomic mass is 9.96. The Morgan fingerprint density at radius 1 is 1.04 bits per heavy atom. The fourth-order valence-electron chi connectivity index (χ4n) is 2.80. The number of nitrogens with one attached hydrogen (secondary N) is 1. The zero-order valence-corrected chi connectivity index (χ0v) is 14.2. The van der Waals surface area contributed by atoms with E-state index in [2.05, 4.69) is 40.2 Å². The van der Waals surface area contributed by atoms with Gasteiger partial charge in [0.25, 0.3) is 0 Å². The molecule has 1 aromatic carbocycles. The number of fused-ring (bicyclic) bond motifs is 1. The topological polar surface area (TPSA) is 59.9 Å². The summed E-state index contributed by atoms with van der Waals surface area (Å²) in [5, 5.41) is 3.53. The molecule has 0 radical (unpaired) electrons. The van der Waals surface area contributed by atoms with Gasteiger partial charge in [-0.15, -0.1) is 0 Å². The van der Waals surface area contributed by atoms with Crippen molar-refractivity contribution in [2.24, 2.45) is 5.92 Å². The van der Waals surface area contributed by atoms with E-state index in [0.717, 1.165) is 29.1 Å². The molecule has 0 saturated heterocycles. The zero-order chi connectivity index (χ0) is 16.9. The highest BCUT2D eigenvalue weighted by atomic mass is 16.5. The van der Waals surface area contributed by atoms with Crippen molar-refractivity contribution in [1.29, 1.82) is 0 Å². The number of hydrogen-bond acceptors (Lipinski definition) is 5. The van der Waals surface area contributed by atoms with Crippen molar-refractivity contribution in [3.05, 3.63) is 54.4 Å². The van der Waals surface area contributed by atoms with Crippen LogP contribution in [-0.4, -0.2) is 22.1 Å². The van der Waals surface area contributed by atoms with Crippen LogP contribution >= 0.6 is 0 Å². The predicted octanol–water partition coefficient (Wildman–Crippen LogP) is 4.23. The lowest BCUT2D eigenvalue weighted by Gasteiger charge is -2.23. The predicted molar refractivity (Wildman–Crippen MR) is 96.1 cm³/mol. The summed E-state index contributed by atoms with van der Waals surface area (Å²) < 4.78 is 5.53. The van der Waals surface area contributed by atoms with Crippen molar-refractivity contribution >= 4 is 17.0 Å². The molecule has 0 spiro atoms. The average Bonchev–Trinajstić information content (AvgIpc) is 2.60. The summed E-state index contributed by atoms with van der Waals surface area (Å²) in [5.74, 6) is 2.21. The normalized spacial score (nSPS) is 12.3. The molecule has 0 saturated carbocycles. The first-order chi connectivity index (χ1) is 11.7. The first kappa shape index (κ1) is 16.2. The number of hydrogen-bond donors (Lipinski definition) is 1. The van der Waals surface area contributed by atoms with Crippen LogP contribution in [0.2, 0.25) is 0 Å². The van der Waals surface area contributed by atoms with E-state index >= 15 is 0 Å². The lowest BCUT2D eigenvalue weighted by Crippen LogP contribution is -2.15. The van der Waals surface area contributed by atoms with E-state index in [1.54, 1.807) is 19.5 Å². The number of para-hydroxylation sites is 1. The molecular formula is C19H22N4O. The van der Waals surface area contributed by atoms with Crippen molar-refractivity contribution in [2.45, 2.75) is 26.3 Å². The molecule has 2 heterocycles. The molecule has 2 aromatic heterocycles. The smallest absolute Gasteiger partial charge is 0.180 e. The molecule has 0 aliphatic rings. The maximum Gasteiger partial charge on any atom is 0.180 e. The van der Waals surface area contributed by atoms with E-state index in [0.29, 0.717) is 11.6 Å². The van der Waals surface area contributed by atoms with Crippen LogP contribution in [0, 0.1) is 5.92 Å². The summed E-state index contributed by atoms with van der Waals surface area (Å²) in [4.78, 5) is 13.1. The van der Waals surface area contributed by atoms with Crippen LogP contribution in [0.3, 0.4) is 0 Å². The fourth-order valence-corrected chi connectivity index (χ4v) is 2.80. The summed E-state index contributed by atoms with van der Waals surface area (Å²) >= 11 is 0. The van der Waals surface area contributed by atoms with Gasteiger partial charge in [-0.25, -0.2) is 9.97 Å². The third-order valence-electron chi connectivity index (χ3n) is 3.88. The van der Waals surface area contributed by atoms with Crippen LogP contribution in [0.15, 0.2) is 48.8 Å². The molecular weight excluding hydrogens is 300 g/mol. The van der Waals surface area contributed by atoms with Gasteiger partial charge in [0.1, 0.15) is 17.1 Å². The number of rotatable bonds is 6. The minimum absolute atomic E-state index is 0.114. The average molecular weight is 322 g/mol. The largest absolute Gasteiger partial charge is 0.496 e. The van der Waals surface area contributed by atoms with Crippen molar-refractivity contribution in [1.82, 2.24) is 15.0 Å². The Labute approximate surface area is 142 Å². The van der Waals surface area contributed by atoms with Crippen LogP contribution in [0.1, 0.15) is 31.9 Å². The Balaban J connectivity index is 1.93. The second kappa shape index (κ2) is 7.25. The first-order valence-corrected chi connectivity index (χ1v) is 8.14. The lowest BCUT2D eigenvalue weighted by molar-refractivity contribution is 0.402. The number of ether oxygens (including phenoxy) is 1. The highest BCUT2D eigenvalue weighted by Crippen LogP contribution is 2.32. The molecule has 0 amide bonds. The number of nitrogens with zero attached hydrogens (tertiary/aromatic N) is 3. The Bertz CT molecular complexity index is 819. The number of pyridine rings is 1. The van der Waals surface area contributed by atoms with E-state index in [1.165, 1.54) is 0 Å². The molecule has 5 heteroatoms. The quantitative estimate of drug-likeness (QED) is 0.736. The molecule has 1 atom stereocenters. The first-order valence-electron chi connectivity index (χ1n) is 8.14. The van der Waals surface area contributed by atoms with Gasteiger partial charge in [-0.1, -0.05) is 32.0 Å². The molecule has 24 heavy (non-hydrogen) atoms. The maximum atomic E-state index is 5.53. The summed E-state index contributed by atoms with van der Waals surface area (Å²) in [6, 6.07) is 12.1. The fraction of sp³-hybridized carbons (Fsp3) is 0.316. The van der Waals surface area contributed by atoms with Crippen LogP contribution in [0.5, 0.6) is 5.75 Å². The zero-order valence-electron chi connectivity index (χ0n) is 14.2. The van der Waals surface area contributed by atoms with Gasteiger partial charge < -0.3 is 10.1 Å². The van der Waals surface area contributed by atoms with Gasteiger partial charge in [0, 0.05) is 18.0 Å². The summed E-state index contributed by atoms with van der Waals surface area (Å²) in [5.41, 5.74) is 2.57. The SMILES string of the molecule is COc1ccccc1C(CC(C)C)Nc1ccc2nccnc2n1. The standard InChI is InChI=1S/C19H22N4O/c1-13(2)12-16(14-6-4-5-7-17(14)24-3)22-18-9-8-15-19(23-18)21-11-10-20-15/h4-11,13,16H,12H2,1-3H3,(H,21,22,23). The molecule has 1 unspecified atom stereocenters. The molecule has 0 fully saturated rings. The van der Waals surface area contributed by atoms with Gasteiger partial charge in [-0.05, 0) is 30.5 Å². The van der Waals surface area contributed by atoms with E-state index < -0.39 is 0 Å². The Morgan fingerprint density at radius 2 is 1.83 bits per heavy atom.